The van der Waals surface area contributed by atoms with Crippen molar-refractivity contribution >= 4 is 34.4 Å². The summed E-state index contributed by atoms with van der Waals surface area (Å²) in [6.45, 7) is 8.75. The molecule has 5 nitrogen and oxygen atoms in total. The Morgan fingerprint density at radius 1 is 0.446 bits per heavy atom. The third-order valence-corrected chi connectivity index (χ3v) is 12.1. The predicted molar refractivity (Wildman–Crippen MR) is 235 cm³/mol. The molecule has 1 aliphatic heterocycles. The smallest absolute Gasteiger partial charge is 0.244 e. The lowest BCUT2D eigenvalue weighted by atomic mass is 9.39. The van der Waals surface area contributed by atoms with Gasteiger partial charge in [0.25, 0.3) is 0 Å². The van der Waals surface area contributed by atoms with Gasteiger partial charge in [-0.2, -0.15) is 0 Å². The third-order valence-electron chi connectivity index (χ3n) is 10.9. The van der Waals surface area contributed by atoms with E-state index in [1.54, 1.807) is 11.3 Å². The minimum Gasteiger partial charge on any atom is -0.255 e. The van der Waals surface area contributed by atoms with E-state index in [1.807, 2.05) is 12.3 Å². The monoisotopic (exact) mass is 743 g/mol. The number of hydrogen-bond acceptors (Lipinski definition) is 6. The van der Waals surface area contributed by atoms with Crippen LogP contribution in [0.1, 0.15) is 50.2 Å². The van der Waals surface area contributed by atoms with Crippen molar-refractivity contribution in [1.29, 1.82) is 0 Å². The first-order valence-electron chi connectivity index (χ1n) is 19.8. The summed E-state index contributed by atoms with van der Waals surface area (Å²) in [5, 5.41) is 0. The highest BCUT2D eigenvalue weighted by Crippen LogP contribution is 2.35. The predicted octanol–water partition coefficient (Wildman–Crippen LogP) is 9.80. The molecule has 56 heavy (non-hydrogen) atoms. The third kappa shape index (κ3) is 6.66. The minimum atomic E-state index is 0.0693. The van der Waals surface area contributed by atoms with Crippen LogP contribution in [-0.2, 0) is 25.7 Å². The Labute approximate surface area is 333 Å². The molecule has 7 heteroatoms. The summed E-state index contributed by atoms with van der Waals surface area (Å²) < 4.78 is 0. The molecule has 0 spiro atoms. The van der Waals surface area contributed by atoms with Gasteiger partial charge in [0.1, 0.15) is 0 Å². The van der Waals surface area contributed by atoms with Crippen LogP contribution in [0, 0.1) is 0 Å². The fourth-order valence-corrected chi connectivity index (χ4v) is 9.05. The molecule has 272 valence electrons. The SMILES string of the molecule is CCc1cc(CC)nc(-c2cccc(-c3ccc(-c4sc(-c5cccc(-c6cc(CC)cc(CC)n6)n5)cc4B4c5ccccc5-c5ccccc54)nc3)n2)c1. The lowest BCUT2D eigenvalue weighted by Crippen LogP contribution is -2.49. The summed E-state index contributed by atoms with van der Waals surface area (Å²) in [6, 6.07) is 45.5. The first-order chi connectivity index (χ1) is 27.5. The van der Waals surface area contributed by atoms with Gasteiger partial charge in [-0.1, -0.05) is 99.3 Å². The molecular formula is C49H42BN5S. The van der Waals surface area contributed by atoms with Gasteiger partial charge in [-0.25, -0.2) is 9.97 Å². The molecule has 8 aromatic rings. The molecule has 0 saturated heterocycles. The molecule has 0 bridgehead atoms. The Balaban J connectivity index is 1.14. The van der Waals surface area contributed by atoms with Crippen molar-refractivity contribution in [3.8, 4) is 66.3 Å². The number of benzene rings is 2. The van der Waals surface area contributed by atoms with Crippen LogP contribution < -0.4 is 16.4 Å². The topological polar surface area (TPSA) is 64.5 Å². The van der Waals surface area contributed by atoms with Crippen LogP contribution in [0.5, 0.6) is 0 Å². The van der Waals surface area contributed by atoms with E-state index in [-0.39, 0.29) is 6.71 Å². The second kappa shape index (κ2) is 15.2. The summed E-state index contributed by atoms with van der Waals surface area (Å²) in [4.78, 5) is 27.6. The van der Waals surface area contributed by atoms with Gasteiger partial charge in [0.05, 0.1) is 44.7 Å². The minimum absolute atomic E-state index is 0.0693. The zero-order valence-corrected chi connectivity index (χ0v) is 33.1. The van der Waals surface area contributed by atoms with Gasteiger partial charge in [-0.3, -0.25) is 15.0 Å². The number of nitrogens with zero attached hydrogens (tertiary/aromatic N) is 5. The van der Waals surface area contributed by atoms with E-state index < -0.39 is 0 Å². The molecule has 0 unspecified atom stereocenters. The molecule has 0 amide bonds. The van der Waals surface area contributed by atoms with Gasteiger partial charge >= 0.3 is 0 Å². The van der Waals surface area contributed by atoms with E-state index in [4.69, 9.17) is 24.9 Å². The van der Waals surface area contributed by atoms with Gasteiger partial charge in [0.2, 0.25) is 6.71 Å². The molecule has 2 aromatic carbocycles. The fraction of sp³-hybridized carbons (Fsp3) is 0.163. The molecule has 0 saturated carbocycles. The van der Waals surface area contributed by atoms with Crippen molar-refractivity contribution in [3.63, 3.8) is 0 Å². The molecule has 7 heterocycles. The van der Waals surface area contributed by atoms with E-state index in [1.165, 1.54) is 38.6 Å². The highest BCUT2D eigenvalue weighted by molar-refractivity contribution is 7.21. The summed E-state index contributed by atoms with van der Waals surface area (Å²) in [7, 11) is 0. The van der Waals surface area contributed by atoms with E-state index >= 15 is 0 Å². The van der Waals surface area contributed by atoms with Crippen molar-refractivity contribution < 1.29 is 0 Å². The van der Waals surface area contributed by atoms with Crippen LogP contribution in [0.15, 0.2) is 134 Å². The van der Waals surface area contributed by atoms with Crippen LogP contribution in [0.4, 0.5) is 0 Å². The number of pyridine rings is 5. The maximum absolute atomic E-state index is 5.25. The van der Waals surface area contributed by atoms with Gasteiger partial charge in [0.15, 0.2) is 0 Å². The first-order valence-corrected chi connectivity index (χ1v) is 20.6. The van der Waals surface area contributed by atoms with Crippen molar-refractivity contribution in [1.82, 2.24) is 24.9 Å². The lowest BCUT2D eigenvalue weighted by molar-refractivity contribution is 1.01. The molecule has 6 aromatic heterocycles. The lowest BCUT2D eigenvalue weighted by Gasteiger charge is -2.12. The Kier molecular flexibility index (Phi) is 9.70. The van der Waals surface area contributed by atoms with Gasteiger partial charge in [-0.15, -0.1) is 11.3 Å². The molecule has 1 aliphatic rings. The number of hydrogen-bond donors (Lipinski definition) is 0. The maximum Gasteiger partial charge on any atom is 0.244 e. The second-order valence-corrected chi connectivity index (χ2v) is 15.4. The standard InChI is InChI=1S/C49H42BN5S/c1-5-31-25-34(7-3)52-46(27-31)42-20-13-19-41(54-42)33-23-24-45(51-30-33)49-40(50-38-17-11-9-15-36(38)37-16-10-12-18-39(37)50)29-48(56-49)44-22-14-21-43(55-44)47-28-32(6-2)26-35(8-4)53-47/h9-30H,5-8H2,1-4H3. The van der Waals surface area contributed by atoms with Crippen LogP contribution >= 0.6 is 11.3 Å². The van der Waals surface area contributed by atoms with Crippen LogP contribution in [0.2, 0.25) is 0 Å². The average Bonchev–Trinajstić information content (AvgIpc) is 3.86. The molecule has 0 fully saturated rings. The first kappa shape index (κ1) is 35.6. The molecular weight excluding hydrogens is 701 g/mol. The average molecular weight is 744 g/mol. The quantitative estimate of drug-likeness (QED) is 0.131. The van der Waals surface area contributed by atoms with E-state index in [2.05, 4.69) is 149 Å². The number of thiophene rings is 1. The van der Waals surface area contributed by atoms with Crippen LogP contribution in [0.3, 0.4) is 0 Å². The molecule has 0 N–H and O–H groups in total. The van der Waals surface area contributed by atoms with Gasteiger partial charge in [-0.05, 0) is 120 Å². The molecule has 0 aliphatic carbocycles. The van der Waals surface area contributed by atoms with E-state index in [9.17, 15) is 0 Å². The zero-order chi connectivity index (χ0) is 38.2. The second-order valence-electron chi connectivity index (χ2n) is 14.4. The Bertz CT molecular complexity index is 2630. The Hall–Kier alpha value is -6.05. The number of fused-ring (bicyclic) bond motifs is 3. The van der Waals surface area contributed by atoms with E-state index in [0.29, 0.717) is 0 Å². The van der Waals surface area contributed by atoms with Crippen molar-refractivity contribution in [3.05, 3.63) is 156 Å². The number of aryl methyl sites for hydroxylation is 4. The normalized spacial score (nSPS) is 11.8. The summed E-state index contributed by atoms with van der Waals surface area (Å²) in [6.07, 6.45) is 5.66. The van der Waals surface area contributed by atoms with Crippen molar-refractivity contribution in [2.75, 3.05) is 0 Å². The molecule has 0 atom stereocenters. The summed E-state index contributed by atoms with van der Waals surface area (Å²) in [5.41, 5.74) is 18.5. The maximum atomic E-state index is 5.25. The van der Waals surface area contributed by atoms with E-state index in [0.717, 1.165) is 92.2 Å². The van der Waals surface area contributed by atoms with Gasteiger partial charge in [0, 0.05) is 28.0 Å². The van der Waals surface area contributed by atoms with Gasteiger partial charge < -0.3 is 0 Å². The Morgan fingerprint density at radius 2 is 1.00 bits per heavy atom. The fourth-order valence-electron chi connectivity index (χ4n) is 7.90. The number of aromatic nitrogens is 5. The highest BCUT2D eigenvalue weighted by atomic mass is 32.1. The largest absolute Gasteiger partial charge is 0.255 e. The Morgan fingerprint density at radius 3 is 1.55 bits per heavy atom. The molecule has 0 radical (unpaired) electrons. The highest BCUT2D eigenvalue weighted by Gasteiger charge is 2.36. The molecule has 9 rings (SSSR count). The van der Waals surface area contributed by atoms with Crippen molar-refractivity contribution in [2.45, 2.75) is 53.4 Å². The number of rotatable bonds is 10. The van der Waals surface area contributed by atoms with Crippen LogP contribution in [-0.4, -0.2) is 31.6 Å². The van der Waals surface area contributed by atoms with Crippen LogP contribution in [0.25, 0.3) is 66.3 Å². The summed E-state index contributed by atoms with van der Waals surface area (Å²) in [5.74, 6) is 0. The summed E-state index contributed by atoms with van der Waals surface area (Å²) >= 11 is 1.76. The van der Waals surface area contributed by atoms with Crippen molar-refractivity contribution in [2.24, 2.45) is 0 Å². The zero-order valence-electron chi connectivity index (χ0n) is 32.3.